The van der Waals surface area contributed by atoms with Crippen LogP contribution in [0.5, 0.6) is 5.75 Å². The largest absolute Gasteiger partial charge is 0.487 e. The number of ether oxygens (including phenoxy) is 1. The zero-order valence-corrected chi connectivity index (χ0v) is 15.9. The Morgan fingerprint density at radius 3 is 2.57 bits per heavy atom. The van der Waals surface area contributed by atoms with Gasteiger partial charge in [0.2, 0.25) is 0 Å². The Bertz CT molecular complexity index is 981. The van der Waals surface area contributed by atoms with E-state index >= 15 is 0 Å². The maximum absolute atomic E-state index is 13.2. The van der Waals surface area contributed by atoms with Crippen molar-refractivity contribution < 1.29 is 13.9 Å². The van der Waals surface area contributed by atoms with Crippen LogP contribution in [0.3, 0.4) is 0 Å². The summed E-state index contributed by atoms with van der Waals surface area (Å²) in [6.07, 6.45) is 0. The summed E-state index contributed by atoms with van der Waals surface area (Å²) in [6, 6.07) is 17.3. The highest BCUT2D eigenvalue weighted by Crippen LogP contribution is 2.28. The third-order valence-corrected chi connectivity index (χ3v) is 4.85. The molecule has 0 atom stereocenters. The molecule has 1 amide bonds. The van der Waals surface area contributed by atoms with Gasteiger partial charge in [-0.05, 0) is 56.3 Å². The zero-order chi connectivity index (χ0) is 19.7. The molecule has 0 bridgehead atoms. The standard InChI is InChI=1S/C22H22FN3O2/c1-22(2)15-25(21(27)16-8-10-17(23)11-9-16)13-19-12-18(24-26(19)22)14-28-20-6-4-3-5-7-20/h3-12H,13-15H2,1-2H3. The lowest BCUT2D eigenvalue weighted by Gasteiger charge is -2.39. The fourth-order valence-electron chi connectivity index (χ4n) is 3.56. The van der Waals surface area contributed by atoms with Gasteiger partial charge in [0.05, 0.1) is 17.8 Å². The van der Waals surface area contributed by atoms with Crippen LogP contribution in [-0.4, -0.2) is 27.1 Å². The van der Waals surface area contributed by atoms with E-state index in [0.717, 1.165) is 17.1 Å². The van der Waals surface area contributed by atoms with Crippen molar-refractivity contribution in [1.29, 1.82) is 0 Å². The van der Waals surface area contributed by atoms with Crippen molar-refractivity contribution in [2.45, 2.75) is 32.5 Å². The molecule has 2 heterocycles. The average Bonchev–Trinajstić information content (AvgIpc) is 3.11. The van der Waals surface area contributed by atoms with E-state index in [9.17, 15) is 9.18 Å². The van der Waals surface area contributed by atoms with Crippen molar-refractivity contribution in [2.24, 2.45) is 0 Å². The second-order valence-corrected chi connectivity index (χ2v) is 7.62. The minimum absolute atomic E-state index is 0.109. The molecular weight excluding hydrogens is 357 g/mol. The van der Waals surface area contributed by atoms with Crippen LogP contribution in [0.1, 0.15) is 35.6 Å². The third kappa shape index (κ3) is 3.63. The number of amides is 1. The SMILES string of the molecule is CC1(C)CN(C(=O)c2ccc(F)cc2)Cc2cc(COc3ccccc3)nn21. The minimum atomic E-state index is -0.353. The van der Waals surface area contributed by atoms with Gasteiger partial charge in [-0.25, -0.2) is 4.39 Å². The van der Waals surface area contributed by atoms with Crippen molar-refractivity contribution >= 4 is 5.91 Å². The molecule has 0 spiro atoms. The molecule has 0 unspecified atom stereocenters. The van der Waals surface area contributed by atoms with Crippen LogP contribution in [0.25, 0.3) is 0 Å². The summed E-state index contributed by atoms with van der Waals surface area (Å²) >= 11 is 0. The lowest BCUT2D eigenvalue weighted by molar-refractivity contribution is 0.0586. The van der Waals surface area contributed by atoms with Crippen LogP contribution >= 0.6 is 0 Å². The predicted molar refractivity (Wildman–Crippen MR) is 103 cm³/mol. The maximum Gasteiger partial charge on any atom is 0.254 e. The summed E-state index contributed by atoms with van der Waals surface area (Å²) < 4.78 is 20.9. The Labute approximate surface area is 163 Å². The molecule has 0 N–H and O–H groups in total. The topological polar surface area (TPSA) is 47.4 Å². The Kier molecular flexibility index (Phi) is 4.63. The first-order chi connectivity index (χ1) is 13.4. The van der Waals surface area contributed by atoms with Crippen molar-refractivity contribution in [1.82, 2.24) is 14.7 Å². The number of aromatic nitrogens is 2. The molecule has 0 aliphatic carbocycles. The zero-order valence-electron chi connectivity index (χ0n) is 15.9. The second-order valence-electron chi connectivity index (χ2n) is 7.62. The smallest absolute Gasteiger partial charge is 0.254 e. The number of benzene rings is 2. The molecule has 3 aromatic rings. The molecule has 1 aliphatic rings. The van der Waals surface area contributed by atoms with E-state index in [2.05, 4.69) is 13.8 Å². The van der Waals surface area contributed by atoms with Gasteiger partial charge >= 0.3 is 0 Å². The number of carbonyl (C=O) groups excluding carboxylic acids is 1. The van der Waals surface area contributed by atoms with Crippen LogP contribution in [-0.2, 0) is 18.7 Å². The fraction of sp³-hybridized carbons (Fsp3) is 0.273. The maximum atomic E-state index is 13.2. The first kappa shape index (κ1) is 18.2. The number of fused-ring (bicyclic) bond motifs is 1. The van der Waals surface area contributed by atoms with E-state index in [-0.39, 0.29) is 17.3 Å². The van der Waals surface area contributed by atoms with Crippen LogP contribution in [0.15, 0.2) is 60.7 Å². The quantitative estimate of drug-likeness (QED) is 0.689. The van der Waals surface area contributed by atoms with Gasteiger partial charge in [0.1, 0.15) is 23.9 Å². The molecular formula is C22H22FN3O2. The van der Waals surface area contributed by atoms with Gasteiger partial charge in [-0.2, -0.15) is 5.10 Å². The van der Waals surface area contributed by atoms with Crippen molar-refractivity contribution in [3.05, 3.63) is 83.4 Å². The Hall–Kier alpha value is -3.15. The molecule has 1 aromatic heterocycles. The predicted octanol–water partition coefficient (Wildman–Crippen LogP) is 3.99. The van der Waals surface area contributed by atoms with Crippen LogP contribution in [0, 0.1) is 5.82 Å². The van der Waals surface area contributed by atoms with Gasteiger partial charge in [-0.3, -0.25) is 9.48 Å². The van der Waals surface area contributed by atoms with E-state index in [0.29, 0.717) is 25.3 Å². The summed E-state index contributed by atoms with van der Waals surface area (Å²) in [7, 11) is 0. The summed E-state index contributed by atoms with van der Waals surface area (Å²) in [5.74, 6) is 0.333. The second kappa shape index (κ2) is 7.11. The monoisotopic (exact) mass is 379 g/mol. The van der Waals surface area contributed by atoms with Gasteiger partial charge in [-0.15, -0.1) is 0 Å². The number of halogens is 1. The summed E-state index contributed by atoms with van der Waals surface area (Å²) in [5, 5.41) is 4.70. The summed E-state index contributed by atoms with van der Waals surface area (Å²) in [5.41, 5.74) is 1.91. The fourth-order valence-corrected chi connectivity index (χ4v) is 3.56. The van der Waals surface area contributed by atoms with Crippen LogP contribution in [0.4, 0.5) is 4.39 Å². The Morgan fingerprint density at radius 1 is 1.14 bits per heavy atom. The van der Waals surface area contributed by atoms with Gasteiger partial charge in [-0.1, -0.05) is 18.2 Å². The molecule has 0 radical (unpaired) electrons. The molecule has 28 heavy (non-hydrogen) atoms. The lowest BCUT2D eigenvalue weighted by atomic mass is 10.0. The van der Waals surface area contributed by atoms with Crippen LogP contribution in [0.2, 0.25) is 0 Å². The van der Waals surface area contributed by atoms with Crippen LogP contribution < -0.4 is 4.74 Å². The third-order valence-electron chi connectivity index (χ3n) is 4.85. The van der Waals surface area contributed by atoms with Gasteiger partial charge in [0.25, 0.3) is 5.91 Å². The molecule has 144 valence electrons. The van der Waals surface area contributed by atoms with E-state index in [1.54, 1.807) is 4.90 Å². The molecule has 0 fully saturated rings. The molecule has 2 aromatic carbocycles. The number of hydrogen-bond acceptors (Lipinski definition) is 3. The van der Waals surface area contributed by atoms with E-state index < -0.39 is 0 Å². The first-order valence-electron chi connectivity index (χ1n) is 9.23. The van der Waals surface area contributed by atoms with E-state index in [1.165, 1.54) is 24.3 Å². The Morgan fingerprint density at radius 2 is 1.86 bits per heavy atom. The molecule has 5 nitrogen and oxygen atoms in total. The highest BCUT2D eigenvalue weighted by Gasteiger charge is 2.35. The first-order valence-corrected chi connectivity index (χ1v) is 9.23. The van der Waals surface area contributed by atoms with Gasteiger partial charge in [0.15, 0.2) is 0 Å². The minimum Gasteiger partial charge on any atom is -0.487 e. The molecule has 6 heteroatoms. The number of para-hydroxylation sites is 1. The lowest BCUT2D eigenvalue weighted by Crippen LogP contribution is -2.49. The van der Waals surface area contributed by atoms with Crippen molar-refractivity contribution in [3.8, 4) is 5.75 Å². The van der Waals surface area contributed by atoms with Gasteiger partial charge in [0, 0.05) is 12.1 Å². The van der Waals surface area contributed by atoms with Gasteiger partial charge < -0.3 is 9.64 Å². The molecule has 0 saturated heterocycles. The highest BCUT2D eigenvalue weighted by molar-refractivity contribution is 5.94. The molecule has 0 saturated carbocycles. The Balaban J connectivity index is 1.53. The van der Waals surface area contributed by atoms with Crippen molar-refractivity contribution in [3.63, 3.8) is 0 Å². The number of hydrogen-bond donors (Lipinski definition) is 0. The summed E-state index contributed by atoms with van der Waals surface area (Å²) in [4.78, 5) is 14.7. The molecule has 4 rings (SSSR count). The number of carbonyl (C=O) groups is 1. The van der Waals surface area contributed by atoms with E-state index in [4.69, 9.17) is 9.84 Å². The number of rotatable bonds is 4. The molecule has 1 aliphatic heterocycles. The normalized spacial score (nSPS) is 15.2. The van der Waals surface area contributed by atoms with Crippen molar-refractivity contribution in [2.75, 3.05) is 6.54 Å². The average molecular weight is 379 g/mol. The highest BCUT2D eigenvalue weighted by atomic mass is 19.1. The summed E-state index contributed by atoms with van der Waals surface area (Å²) in [6.45, 7) is 5.45. The number of nitrogens with zero attached hydrogens (tertiary/aromatic N) is 3. The van der Waals surface area contributed by atoms with E-state index in [1.807, 2.05) is 41.1 Å².